The summed E-state index contributed by atoms with van der Waals surface area (Å²) in [5, 5.41) is 15.7. The van der Waals surface area contributed by atoms with Gasteiger partial charge in [-0.25, -0.2) is 4.79 Å². The third kappa shape index (κ3) is 7.98. The van der Waals surface area contributed by atoms with Gasteiger partial charge < -0.3 is 25.4 Å². The normalized spacial score (nSPS) is 12.7. The molecule has 0 heterocycles. The quantitative estimate of drug-likeness (QED) is 0.399. The molecule has 0 saturated heterocycles. The third-order valence-corrected chi connectivity index (χ3v) is 5.98. The van der Waals surface area contributed by atoms with Crippen LogP contribution in [-0.4, -0.2) is 52.7 Å². The summed E-state index contributed by atoms with van der Waals surface area (Å²) in [6.45, 7) is 9.82. The zero-order chi connectivity index (χ0) is 28.6. The number of hydrogen-bond donors (Lipinski definition) is 3. The Hall–Kier alpha value is -3.54. The summed E-state index contributed by atoms with van der Waals surface area (Å²) in [4.78, 5) is 41.6. The van der Waals surface area contributed by atoms with Crippen molar-refractivity contribution < 1.29 is 24.2 Å². The number of terminal acetylenes is 1. The molecule has 0 spiro atoms. The molecule has 0 aromatic heterocycles. The Kier molecular flexibility index (Phi) is 10.7. The van der Waals surface area contributed by atoms with E-state index in [1.807, 2.05) is 0 Å². The van der Waals surface area contributed by atoms with Crippen molar-refractivity contribution in [3.63, 3.8) is 0 Å². The van der Waals surface area contributed by atoms with Gasteiger partial charge in [-0.1, -0.05) is 61.7 Å². The molecule has 2 atom stereocenters. The number of ether oxygens (including phenoxy) is 1. The number of anilines is 1. The summed E-state index contributed by atoms with van der Waals surface area (Å²) >= 11 is 6.36. The van der Waals surface area contributed by atoms with Crippen molar-refractivity contribution in [2.45, 2.75) is 59.2 Å². The highest BCUT2D eigenvalue weighted by molar-refractivity contribution is 6.34. The molecule has 2 aromatic rings. The fourth-order valence-electron chi connectivity index (χ4n) is 3.90. The summed E-state index contributed by atoms with van der Waals surface area (Å²) in [5.41, 5.74) is 1.13. The topological polar surface area (TPSA) is 108 Å². The number of nitrogens with zero attached hydrogens (tertiary/aromatic N) is 1. The van der Waals surface area contributed by atoms with E-state index in [1.54, 1.807) is 84.0 Å². The predicted molar refractivity (Wildman–Crippen MR) is 149 cm³/mol. The molecule has 2 unspecified atom stereocenters. The SMILES string of the molecule is C#Cc1ccccc1C(C(=O)Nc1c(C)cccc1Cl)N(CCO)C(=O)C(NC(=O)OC(C)(C)C)C(C)C. The van der Waals surface area contributed by atoms with Crippen LogP contribution in [0.25, 0.3) is 0 Å². The van der Waals surface area contributed by atoms with Gasteiger partial charge in [-0.15, -0.1) is 6.42 Å². The molecule has 3 amide bonds. The predicted octanol–water partition coefficient (Wildman–Crippen LogP) is 4.68. The molecule has 0 aliphatic rings. The van der Waals surface area contributed by atoms with Crippen LogP contribution in [-0.2, 0) is 14.3 Å². The first-order valence-electron chi connectivity index (χ1n) is 12.3. The number of alkyl carbamates (subject to hydrolysis) is 1. The summed E-state index contributed by atoms with van der Waals surface area (Å²) in [7, 11) is 0. The number of para-hydroxylation sites is 1. The number of nitrogens with one attached hydrogen (secondary N) is 2. The van der Waals surface area contributed by atoms with E-state index in [4.69, 9.17) is 22.8 Å². The highest BCUT2D eigenvalue weighted by Gasteiger charge is 2.38. The maximum absolute atomic E-state index is 14.0. The zero-order valence-electron chi connectivity index (χ0n) is 22.7. The summed E-state index contributed by atoms with van der Waals surface area (Å²) in [5.74, 6) is 1.04. The van der Waals surface area contributed by atoms with Crippen LogP contribution < -0.4 is 10.6 Å². The van der Waals surface area contributed by atoms with E-state index < -0.39 is 42.2 Å². The molecular weight excluding hydrogens is 506 g/mol. The summed E-state index contributed by atoms with van der Waals surface area (Å²) < 4.78 is 5.35. The smallest absolute Gasteiger partial charge is 0.408 e. The minimum Gasteiger partial charge on any atom is -0.444 e. The highest BCUT2D eigenvalue weighted by atomic mass is 35.5. The standard InChI is InChI=1S/C29H36ClN3O5/c1-8-20-13-9-10-14-21(20)25(26(35)31-24-19(4)12-11-15-22(24)30)33(16-17-34)27(36)23(18(2)3)32-28(37)38-29(5,6)7/h1,9-15,18,23,25,34H,16-17H2,2-7H3,(H,31,35)(H,32,37). The number of aryl methyl sites for hydroxylation is 1. The molecule has 204 valence electrons. The molecule has 0 bridgehead atoms. The molecule has 3 N–H and O–H groups in total. The van der Waals surface area contributed by atoms with Crippen LogP contribution in [0.4, 0.5) is 10.5 Å². The van der Waals surface area contributed by atoms with Gasteiger partial charge in [0.2, 0.25) is 5.91 Å². The van der Waals surface area contributed by atoms with Crippen LogP contribution in [0.1, 0.15) is 57.4 Å². The Labute approximate surface area is 229 Å². The van der Waals surface area contributed by atoms with E-state index in [9.17, 15) is 19.5 Å². The van der Waals surface area contributed by atoms with Crippen LogP contribution in [0.2, 0.25) is 5.02 Å². The van der Waals surface area contributed by atoms with Gasteiger partial charge in [-0.2, -0.15) is 0 Å². The maximum atomic E-state index is 14.0. The average molecular weight is 542 g/mol. The number of halogens is 1. The van der Waals surface area contributed by atoms with Gasteiger partial charge in [0.1, 0.15) is 17.7 Å². The summed E-state index contributed by atoms with van der Waals surface area (Å²) in [6.07, 6.45) is 4.97. The van der Waals surface area contributed by atoms with Crippen molar-refractivity contribution >= 4 is 35.2 Å². The third-order valence-electron chi connectivity index (χ3n) is 5.67. The number of aliphatic hydroxyl groups excluding tert-OH is 1. The monoisotopic (exact) mass is 541 g/mol. The number of hydrogen-bond acceptors (Lipinski definition) is 5. The first-order chi connectivity index (χ1) is 17.8. The first-order valence-corrected chi connectivity index (χ1v) is 12.7. The van der Waals surface area contributed by atoms with Crippen molar-refractivity contribution in [1.29, 1.82) is 0 Å². The van der Waals surface area contributed by atoms with E-state index in [1.165, 1.54) is 4.90 Å². The van der Waals surface area contributed by atoms with Crippen LogP contribution in [0.3, 0.4) is 0 Å². The van der Waals surface area contributed by atoms with Crippen LogP contribution >= 0.6 is 11.6 Å². The molecule has 0 radical (unpaired) electrons. The molecule has 2 rings (SSSR count). The van der Waals surface area contributed by atoms with Gasteiger partial charge >= 0.3 is 6.09 Å². The van der Waals surface area contributed by atoms with Gasteiger partial charge in [0.05, 0.1) is 17.3 Å². The Morgan fingerprint density at radius 1 is 1.13 bits per heavy atom. The first kappa shape index (κ1) is 30.7. The second kappa shape index (κ2) is 13.3. The molecule has 8 nitrogen and oxygen atoms in total. The minimum absolute atomic E-state index is 0.198. The lowest BCUT2D eigenvalue weighted by Gasteiger charge is -2.35. The van der Waals surface area contributed by atoms with Crippen molar-refractivity contribution in [1.82, 2.24) is 10.2 Å². The van der Waals surface area contributed by atoms with Gasteiger partial charge in [-0.05, 0) is 56.9 Å². The zero-order valence-corrected chi connectivity index (χ0v) is 23.4. The van der Waals surface area contributed by atoms with Crippen LogP contribution in [0.15, 0.2) is 42.5 Å². The van der Waals surface area contributed by atoms with Crippen molar-refractivity contribution in [2.75, 3.05) is 18.5 Å². The van der Waals surface area contributed by atoms with Crippen molar-refractivity contribution in [3.8, 4) is 12.3 Å². The summed E-state index contributed by atoms with van der Waals surface area (Å²) in [6, 6.07) is 9.66. The minimum atomic E-state index is -1.24. The van der Waals surface area contributed by atoms with Crippen LogP contribution in [0, 0.1) is 25.2 Å². The molecule has 9 heteroatoms. The number of carbonyl (C=O) groups is 3. The largest absolute Gasteiger partial charge is 0.444 e. The van der Waals surface area contributed by atoms with E-state index in [-0.39, 0.29) is 12.5 Å². The molecule has 38 heavy (non-hydrogen) atoms. The lowest BCUT2D eigenvalue weighted by Crippen LogP contribution is -2.55. The fourth-order valence-corrected chi connectivity index (χ4v) is 4.17. The van der Waals surface area contributed by atoms with Gasteiger partial charge in [-0.3, -0.25) is 9.59 Å². The molecule has 0 fully saturated rings. The van der Waals surface area contributed by atoms with Crippen molar-refractivity contribution in [2.24, 2.45) is 5.92 Å². The molecular formula is C29H36ClN3O5. The average Bonchev–Trinajstić information content (AvgIpc) is 2.83. The molecule has 0 aliphatic heterocycles. The highest BCUT2D eigenvalue weighted by Crippen LogP contribution is 2.31. The molecule has 0 saturated carbocycles. The Balaban J connectivity index is 2.60. The fraction of sp³-hybridized carbons (Fsp3) is 0.414. The van der Waals surface area contributed by atoms with E-state index in [0.717, 1.165) is 5.56 Å². The van der Waals surface area contributed by atoms with E-state index in [2.05, 4.69) is 16.6 Å². The van der Waals surface area contributed by atoms with Gasteiger partial charge in [0.15, 0.2) is 0 Å². The Bertz CT molecular complexity index is 1180. The number of benzene rings is 2. The lowest BCUT2D eigenvalue weighted by atomic mass is 9.95. The Morgan fingerprint density at radius 3 is 2.34 bits per heavy atom. The molecule has 0 aliphatic carbocycles. The van der Waals surface area contributed by atoms with Crippen LogP contribution in [0.5, 0.6) is 0 Å². The maximum Gasteiger partial charge on any atom is 0.408 e. The lowest BCUT2D eigenvalue weighted by molar-refractivity contribution is -0.142. The number of carbonyl (C=O) groups excluding carboxylic acids is 3. The van der Waals surface area contributed by atoms with E-state index >= 15 is 0 Å². The number of rotatable bonds is 9. The second-order valence-electron chi connectivity index (χ2n) is 10.2. The molecule has 2 aromatic carbocycles. The van der Waals surface area contributed by atoms with Gasteiger partial charge in [0, 0.05) is 12.1 Å². The van der Waals surface area contributed by atoms with Crippen molar-refractivity contribution in [3.05, 3.63) is 64.2 Å². The second-order valence-corrected chi connectivity index (χ2v) is 10.6. The Morgan fingerprint density at radius 2 is 1.79 bits per heavy atom. The number of aliphatic hydroxyl groups is 1. The number of amides is 3. The van der Waals surface area contributed by atoms with Gasteiger partial charge in [0.25, 0.3) is 5.91 Å². The van der Waals surface area contributed by atoms with E-state index in [0.29, 0.717) is 21.8 Å².